The fourth-order valence-electron chi connectivity index (χ4n) is 2.23. The molecule has 2 aromatic carbocycles. The van der Waals surface area contributed by atoms with Gasteiger partial charge in [-0.05, 0) is 30.3 Å². The summed E-state index contributed by atoms with van der Waals surface area (Å²) in [5.74, 6) is -0.463. The fraction of sp³-hybridized carbons (Fsp3) is 0.125. The summed E-state index contributed by atoms with van der Waals surface area (Å²) >= 11 is 1.12. The van der Waals surface area contributed by atoms with Crippen LogP contribution in [0.4, 0.5) is 10.8 Å². The van der Waals surface area contributed by atoms with E-state index in [0.29, 0.717) is 15.3 Å². The number of non-ortho nitro benzene ring substituents is 1. The number of hydrogen-bond donors (Lipinski definition) is 1. The van der Waals surface area contributed by atoms with E-state index in [1.807, 2.05) is 0 Å². The van der Waals surface area contributed by atoms with E-state index in [1.165, 1.54) is 42.5 Å². The highest BCUT2D eigenvalue weighted by Crippen LogP contribution is 2.29. The Hall–Kier alpha value is -2.85. The highest BCUT2D eigenvalue weighted by atomic mass is 32.2. The van der Waals surface area contributed by atoms with Crippen molar-refractivity contribution in [1.82, 2.24) is 4.98 Å². The largest absolute Gasteiger partial charge is 0.298 e. The Balaban J connectivity index is 1.81. The molecule has 0 fully saturated rings. The lowest BCUT2D eigenvalue weighted by Crippen LogP contribution is -2.12. The molecule has 1 aromatic heterocycles. The number of nitro benzene ring substituents is 1. The molecular weight excluding hydrogens is 378 g/mol. The van der Waals surface area contributed by atoms with Crippen LogP contribution in [0.15, 0.2) is 47.4 Å². The van der Waals surface area contributed by atoms with E-state index in [0.717, 1.165) is 11.3 Å². The molecule has 0 radical (unpaired) electrons. The summed E-state index contributed by atoms with van der Waals surface area (Å²) < 4.78 is 24.2. The summed E-state index contributed by atoms with van der Waals surface area (Å²) in [5, 5.41) is 13.7. The van der Waals surface area contributed by atoms with Crippen LogP contribution < -0.4 is 5.32 Å². The van der Waals surface area contributed by atoms with Gasteiger partial charge in [0.1, 0.15) is 0 Å². The van der Waals surface area contributed by atoms with Crippen LogP contribution in [0.5, 0.6) is 0 Å². The molecule has 0 aliphatic carbocycles. The van der Waals surface area contributed by atoms with Gasteiger partial charge in [-0.1, -0.05) is 18.3 Å². The Labute approximate surface area is 152 Å². The molecule has 0 unspecified atom stereocenters. The molecule has 1 heterocycles. The first-order valence-corrected chi connectivity index (χ1v) is 9.96. The number of nitro groups is 1. The lowest BCUT2D eigenvalue weighted by Gasteiger charge is -2.04. The third-order valence-corrected chi connectivity index (χ3v) is 6.34. The van der Waals surface area contributed by atoms with Crippen molar-refractivity contribution in [2.75, 3.05) is 11.1 Å². The van der Waals surface area contributed by atoms with E-state index in [4.69, 9.17) is 0 Å². The molecule has 0 saturated heterocycles. The van der Waals surface area contributed by atoms with Gasteiger partial charge >= 0.3 is 0 Å². The van der Waals surface area contributed by atoms with Crippen molar-refractivity contribution >= 4 is 48.1 Å². The van der Waals surface area contributed by atoms with Crippen molar-refractivity contribution in [1.29, 1.82) is 0 Å². The van der Waals surface area contributed by atoms with Gasteiger partial charge in [0.25, 0.3) is 11.6 Å². The number of hydrogen-bond acceptors (Lipinski definition) is 7. The molecule has 0 aliphatic rings. The number of aromatic nitrogens is 1. The van der Waals surface area contributed by atoms with E-state index in [-0.39, 0.29) is 21.9 Å². The standard InChI is InChI=1S/C16H13N3O5S2/c1-2-26(23,24)12-6-3-10(4-7-12)15(20)18-16-17-13-8-5-11(19(21)22)9-14(13)25-16/h3-9H,2H2,1H3,(H,17,18,20). The Kier molecular flexibility index (Phi) is 4.70. The highest BCUT2D eigenvalue weighted by Gasteiger charge is 2.15. The highest BCUT2D eigenvalue weighted by molar-refractivity contribution is 7.91. The van der Waals surface area contributed by atoms with E-state index in [2.05, 4.69) is 10.3 Å². The van der Waals surface area contributed by atoms with Crippen molar-refractivity contribution in [2.24, 2.45) is 0 Å². The van der Waals surface area contributed by atoms with E-state index in [9.17, 15) is 23.3 Å². The average molecular weight is 391 g/mol. The molecule has 0 spiro atoms. The molecule has 3 rings (SSSR count). The number of nitrogens with zero attached hydrogens (tertiary/aromatic N) is 2. The van der Waals surface area contributed by atoms with E-state index in [1.54, 1.807) is 6.92 Å². The van der Waals surface area contributed by atoms with Gasteiger partial charge in [0.15, 0.2) is 15.0 Å². The quantitative estimate of drug-likeness (QED) is 0.527. The van der Waals surface area contributed by atoms with E-state index >= 15 is 0 Å². The molecule has 26 heavy (non-hydrogen) atoms. The third-order valence-electron chi connectivity index (χ3n) is 3.66. The number of carbonyl (C=O) groups is 1. The number of anilines is 1. The van der Waals surface area contributed by atoms with Gasteiger partial charge in [-0.15, -0.1) is 0 Å². The SMILES string of the molecule is CCS(=O)(=O)c1ccc(C(=O)Nc2nc3ccc([N+](=O)[O-])cc3s2)cc1. The topological polar surface area (TPSA) is 119 Å². The van der Waals surface area contributed by atoms with Crippen LogP contribution in [-0.2, 0) is 9.84 Å². The maximum atomic E-state index is 12.3. The number of amides is 1. The molecule has 1 amide bonds. The summed E-state index contributed by atoms with van der Waals surface area (Å²) in [6, 6.07) is 9.88. The fourth-order valence-corrected chi connectivity index (χ4v) is 4.01. The minimum Gasteiger partial charge on any atom is -0.298 e. The third kappa shape index (κ3) is 3.55. The van der Waals surface area contributed by atoms with Gasteiger partial charge in [0.2, 0.25) is 0 Å². The molecule has 8 nitrogen and oxygen atoms in total. The molecule has 0 atom stereocenters. The first-order valence-electron chi connectivity index (χ1n) is 7.49. The van der Waals surface area contributed by atoms with E-state index < -0.39 is 20.7 Å². The van der Waals surface area contributed by atoms with Crippen LogP contribution in [0, 0.1) is 10.1 Å². The predicted octanol–water partition coefficient (Wildman–Crippen LogP) is 3.25. The lowest BCUT2D eigenvalue weighted by atomic mass is 10.2. The maximum Gasteiger partial charge on any atom is 0.270 e. The second-order valence-corrected chi connectivity index (χ2v) is 8.62. The first kappa shape index (κ1) is 18.0. The van der Waals surface area contributed by atoms with Crippen LogP contribution in [0.25, 0.3) is 10.2 Å². The normalized spacial score (nSPS) is 11.4. The zero-order valence-electron chi connectivity index (χ0n) is 13.5. The van der Waals surface area contributed by atoms with Gasteiger partial charge in [-0.25, -0.2) is 13.4 Å². The van der Waals surface area contributed by atoms with Gasteiger partial charge in [-0.2, -0.15) is 0 Å². The number of benzene rings is 2. The zero-order valence-corrected chi connectivity index (χ0v) is 15.1. The van der Waals surface area contributed by atoms with Crippen LogP contribution >= 0.6 is 11.3 Å². The summed E-state index contributed by atoms with van der Waals surface area (Å²) in [4.78, 5) is 27.0. The molecule has 0 saturated carbocycles. The van der Waals surface area contributed by atoms with Crippen molar-refractivity contribution in [3.05, 3.63) is 58.1 Å². The van der Waals surface area contributed by atoms with Crippen molar-refractivity contribution in [2.45, 2.75) is 11.8 Å². The van der Waals surface area contributed by atoms with Crippen LogP contribution in [0.2, 0.25) is 0 Å². The number of rotatable bonds is 5. The number of carbonyl (C=O) groups excluding carboxylic acids is 1. The number of thiazole rings is 1. The maximum absolute atomic E-state index is 12.3. The number of sulfone groups is 1. The van der Waals surface area contributed by atoms with Crippen molar-refractivity contribution in [3.8, 4) is 0 Å². The monoisotopic (exact) mass is 391 g/mol. The Morgan fingerprint density at radius 3 is 2.54 bits per heavy atom. The Morgan fingerprint density at radius 1 is 1.23 bits per heavy atom. The zero-order chi connectivity index (χ0) is 18.9. The van der Waals surface area contributed by atoms with Crippen LogP contribution in [0.3, 0.4) is 0 Å². The smallest absolute Gasteiger partial charge is 0.270 e. The average Bonchev–Trinajstić information content (AvgIpc) is 3.03. The first-order chi connectivity index (χ1) is 12.3. The Bertz CT molecular complexity index is 1100. The predicted molar refractivity (Wildman–Crippen MR) is 98.4 cm³/mol. The number of nitrogens with one attached hydrogen (secondary N) is 1. The van der Waals surface area contributed by atoms with Crippen molar-refractivity contribution in [3.63, 3.8) is 0 Å². The summed E-state index contributed by atoms with van der Waals surface area (Å²) in [6.07, 6.45) is 0. The molecule has 134 valence electrons. The number of fused-ring (bicyclic) bond motifs is 1. The lowest BCUT2D eigenvalue weighted by molar-refractivity contribution is -0.384. The van der Waals surface area contributed by atoms with Crippen LogP contribution in [-0.4, -0.2) is 30.0 Å². The second kappa shape index (κ2) is 6.81. The second-order valence-electron chi connectivity index (χ2n) is 5.31. The molecule has 10 heteroatoms. The van der Waals surface area contributed by atoms with Gasteiger partial charge in [0, 0.05) is 17.7 Å². The summed E-state index contributed by atoms with van der Waals surface area (Å²) in [7, 11) is -3.33. The van der Waals surface area contributed by atoms with Gasteiger partial charge in [-0.3, -0.25) is 20.2 Å². The molecule has 1 N–H and O–H groups in total. The Morgan fingerprint density at radius 2 is 1.92 bits per heavy atom. The summed E-state index contributed by atoms with van der Waals surface area (Å²) in [6.45, 7) is 1.55. The molecular formula is C16H13N3O5S2. The summed E-state index contributed by atoms with van der Waals surface area (Å²) in [5.41, 5.74) is 0.775. The van der Waals surface area contributed by atoms with Crippen molar-refractivity contribution < 1.29 is 18.1 Å². The molecule has 0 aliphatic heterocycles. The molecule has 0 bridgehead atoms. The molecule has 3 aromatic rings. The van der Waals surface area contributed by atoms with Crippen LogP contribution in [0.1, 0.15) is 17.3 Å². The van der Waals surface area contributed by atoms with Gasteiger partial charge in [0.05, 0.1) is 25.8 Å². The minimum absolute atomic E-state index is 0.0175. The minimum atomic E-state index is -3.33. The van der Waals surface area contributed by atoms with Gasteiger partial charge < -0.3 is 0 Å².